The molecule has 0 N–H and O–H groups in total. The molecule has 3 heteroatoms. The summed E-state index contributed by atoms with van der Waals surface area (Å²) in [6.07, 6.45) is 2.66. The maximum absolute atomic E-state index is 4.62. The third kappa shape index (κ3) is 2.19. The van der Waals surface area contributed by atoms with Gasteiger partial charge in [-0.15, -0.1) is 0 Å². The third-order valence-electron chi connectivity index (χ3n) is 3.13. The lowest BCUT2D eigenvalue weighted by atomic mass is 10.1. The summed E-state index contributed by atoms with van der Waals surface area (Å²) in [7, 11) is 0. The van der Waals surface area contributed by atoms with E-state index >= 15 is 0 Å². The van der Waals surface area contributed by atoms with Gasteiger partial charge in [0.15, 0.2) is 0 Å². The van der Waals surface area contributed by atoms with Gasteiger partial charge in [-0.1, -0.05) is 31.2 Å². The molecule has 0 spiro atoms. The molecule has 94 valence electrons. The molecule has 3 rings (SSSR count). The van der Waals surface area contributed by atoms with Crippen LogP contribution < -0.4 is 0 Å². The fraction of sp³-hybridized carbons (Fsp3) is 0.188. The Morgan fingerprint density at radius 3 is 2.74 bits per heavy atom. The number of aryl methyl sites for hydroxylation is 2. The molecule has 0 amide bonds. The third-order valence-corrected chi connectivity index (χ3v) is 3.13. The van der Waals surface area contributed by atoms with E-state index in [1.165, 1.54) is 0 Å². The van der Waals surface area contributed by atoms with E-state index in [1.807, 2.05) is 31.3 Å². The predicted octanol–water partition coefficient (Wildman–Crippen LogP) is 3.56. The molecule has 3 aromatic rings. The Kier molecular flexibility index (Phi) is 2.95. The maximum atomic E-state index is 4.62. The van der Waals surface area contributed by atoms with Gasteiger partial charge in [0.1, 0.15) is 5.82 Å². The average molecular weight is 249 g/mol. The number of aromatic nitrogens is 3. The van der Waals surface area contributed by atoms with Crippen molar-refractivity contribution in [1.82, 2.24) is 15.0 Å². The van der Waals surface area contributed by atoms with E-state index in [0.29, 0.717) is 0 Å². The molecule has 0 saturated heterocycles. The zero-order chi connectivity index (χ0) is 13.2. The van der Waals surface area contributed by atoms with Crippen LogP contribution >= 0.6 is 0 Å². The predicted molar refractivity (Wildman–Crippen MR) is 76.9 cm³/mol. The van der Waals surface area contributed by atoms with Crippen LogP contribution in [0, 0.1) is 6.92 Å². The Labute approximate surface area is 112 Å². The monoisotopic (exact) mass is 249 g/mol. The number of fused-ring (bicyclic) bond motifs is 1. The van der Waals surface area contributed by atoms with E-state index in [-0.39, 0.29) is 0 Å². The van der Waals surface area contributed by atoms with Crippen LogP contribution in [-0.2, 0) is 6.42 Å². The smallest absolute Gasteiger partial charge is 0.128 e. The molecule has 0 saturated carbocycles. The highest BCUT2D eigenvalue weighted by Crippen LogP contribution is 2.25. The summed E-state index contributed by atoms with van der Waals surface area (Å²) in [6.45, 7) is 4.07. The van der Waals surface area contributed by atoms with Crippen molar-refractivity contribution in [2.45, 2.75) is 20.3 Å². The standard InChI is InChI=1S/C16H15N3/c1-3-15-18-11(2)10-14(19-15)13-8-4-6-12-7-5-9-17-16(12)13/h4-10H,3H2,1-2H3. The van der Waals surface area contributed by atoms with Crippen LogP contribution in [0.3, 0.4) is 0 Å². The fourth-order valence-corrected chi connectivity index (χ4v) is 2.24. The topological polar surface area (TPSA) is 38.7 Å². The number of nitrogens with zero attached hydrogens (tertiary/aromatic N) is 3. The van der Waals surface area contributed by atoms with E-state index in [4.69, 9.17) is 0 Å². The van der Waals surface area contributed by atoms with Gasteiger partial charge in [-0.05, 0) is 19.1 Å². The Bertz CT molecular complexity index is 730. The zero-order valence-electron chi connectivity index (χ0n) is 11.1. The van der Waals surface area contributed by atoms with Crippen LogP contribution in [0.1, 0.15) is 18.4 Å². The minimum atomic E-state index is 0.840. The minimum Gasteiger partial charge on any atom is -0.256 e. The van der Waals surface area contributed by atoms with Crippen molar-refractivity contribution >= 4 is 10.9 Å². The van der Waals surface area contributed by atoms with Crippen LogP contribution in [0.4, 0.5) is 0 Å². The molecule has 19 heavy (non-hydrogen) atoms. The highest BCUT2D eigenvalue weighted by Gasteiger charge is 2.08. The Morgan fingerprint density at radius 2 is 1.89 bits per heavy atom. The van der Waals surface area contributed by atoms with E-state index in [0.717, 1.165) is 40.1 Å². The molecule has 0 fully saturated rings. The maximum Gasteiger partial charge on any atom is 0.128 e. The van der Waals surface area contributed by atoms with Gasteiger partial charge in [-0.25, -0.2) is 9.97 Å². The van der Waals surface area contributed by atoms with Crippen LogP contribution in [0.5, 0.6) is 0 Å². The van der Waals surface area contributed by atoms with Gasteiger partial charge < -0.3 is 0 Å². The van der Waals surface area contributed by atoms with Crippen LogP contribution in [0.25, 0.3) is 22.2 Å². The zero-order valence-corrected chi connectivity index (χ0v) is 11.1. The first kappa shape index (κ1) is 11.8. The van der Waals surface area contributed by atoms with Crippen molar-refractivity contribution in [2.75, 3.05) is 0 Å². The van der Waals surface area contributed by atoms with Gasteiger partial charge in [-0.2, -0.15) is 0 Å². The first-order chi connectivity index (χ1) is 9.28. The quantitative estimate of drug-likeness (QED) is 0.697. The summed E-state index contributed by atoms with van der Waals surface area (Å²) in [5.41, 5.74) is 4.01. The molecular weight excluding hydrogens is 234 g/mol. The lowest BCUT2D eigenvalue weighted by Crippen LogP contribution is -1.98. The molecule has 0 atom stereocenters. The number of hydrogen-bond donors (Lipinski definition) is 0. The summed E-state index contributed by atoms with van der Waals surface area (Å²) < 4.78 is 0. The lowest BCUT2D eigenvalue weighted by molar-refractivity contribution is 0.922. The highest BCUT2D eigenvalue weighted by atomic mass is 14.9. The van der Waals surface area contributed by atoms with Gasteiger partial charge in [0.25, 0.3) is 0 Å². The molecule has 0 radical (unpaired) electrons. The Morgan fingerprint density at radius 1 is 1.05 bits per heavy atom. The second-order valence-corrected chi connectivity index (χ2v) is 4.55. The Balaban J connectivity index is 2.27. The van der Waals surface area contributed by atoms with Gasteiger partial charge in [-0.3, -0.25) is 4.98 Å². The van der Waals surface area contributed by atoms with Crippen molar-refractivity contribution in [1.29, 1.82) is 0 Å². The molecule has 2 heterocycles. The largest absolute Gasteiger partial charge is 0.256 e. The first-order valence-electron chi connectivity index (χ1n) is 6.46. The molecule has 0 aliphatic carbocycles. The molecular formula is C16H15N3. The number of hydrogen-bond acceptors (Lipinski definition) is 3. The van der Waals surface area contributed by atoms with Gasteiger partial charge in [0.05, 0.1) is 11.2 Å². The molecule has 2 aromatic heterocycles. The SMILES string of the molecule is CCc1nc(C)cc(-c2cccc3cccnc23)n1. The molecule has 0 bridgehead atoms. The van der Waals surface area contributed by atoms with Crippen molar-refractivity contribution in [3.8, 4) is 11.3 Å². The molecule has 0 unspecified atom stereocenters. The minimum absolute atomic E-state index is 0.840. The van der Waals surface area contributed by atoms with E-state index in [9.17, 15) is 0 Å². The summed E-state index contributed by atoms with van der Waals surface area (Å²) in [6, 6.07) is 12.2. The number of benzene rings is 1. The van der Waals surface area contributed by atoms with E-state index < -0.39 is 0 Å². The molecule has 0 aliphatic rings. The second-order valence-electron chi connectivity index (χ2n) is 4.55. The van der Waals surface area contributed by atoms with Crippen LogP contribution in [0.2, 0.25) is 0 Å². The summed E-state index contributed by atoms with van der Waals surface area (Å²) in [5, 5.41) is 1.13. The van der Waals surface area contributed by atoms with Gasteiger partial charge in [0.2, 0.25) is 0 Å². The van der Waals surface area contributed by atoms with Crippen molar-refractivity contribution in [3.63, 3.8) is 0 Å². The molecule has 1 aromatic carbocycles. The Hall–Kier alpha value is -2.29. The van der Waals surface area contributed by atoms with Crippen molar-refractivity contribution in [2.24, 2.45) is 0 Å². The average Bonchev–Trinajstić information content (AvgIpc) is 2.46. The van der Waals surface area contributed by atoms with Gasteiger partial charge >= 0.3 is 0 Å². The van der Waals surface area contributed by atoms with Crippen molar-refractivity contribution in [3.05, 3.63) is 54.1 Å². The van der Waals surface area contributed by atoms with E-state index in [2.05, 4.69) is 40.1 Å². The van der Waals surface area contributed by atoms with Crippen LogP contribution in [0.15, 0.2) is 42.6 Å². The molecule has 3 nitrogen and oxygen atoms in total. The van der Waals surface area contributed by atoms with Crippen molar-refractivity contribution < 1.29 is 0 Å². The summed E-state index contributed by atoms with van der Waals surface area (Å²) >= 11 is 0. The number of pyridine rings is 1. The molecule has 0 aliphatic heterocycles. The van der Waals surface area contributed by atoms with Crippen LogP contribution in [-0.4, -0.2) is 15.0 Å². The fourth-order valence-electron chi connectivity index (χ4n) is 2.24. The second kappa shape index (κ2) is 4.76. The lowest BCUT2D eigenvalue weighted by Gasteiger charge is -2.07. The normalized spacial score (nSPS) is 10.8. The first-order valence-corrected chi connectivity index (χ1v) is 6.46. The summed E-state index contributed by atoms with van der Waals surface area (Å²) in [5.74, 6) is 0.878. The number of rotatable bonds is 2. The van der Waals surface area contributed by atoms with E-state index in [1.54, 1.807) is 0 Å². The number of para-hydroxylation sites is 1. The summed E-state index contributed by atoms with van der Waals surface area (Å²) in [4.78, 5) is 13.5. The van der Waals surface area contributed by atoms with Gasteiger partial charge in [0, 0.05) is 29.3 Å². The highest BCUT2D eigenvalue weighted by molar-refractivity contribution is 5.92.